The van der Waals surface area contributed by atoms with Gasteiger partial charge >= 0.3 is 0 Å². The summed E-state index contributed by atoms with van der Waals surface area (Å²) in [6, 6.07) is 15.7. The third-order valence-electron chi connectivity index (χ3n) is 5.21. The van der Waals surface area contributed by atoms with Crippen LogP contribution < -0.4 is 9.80 Å². The molecule has 4 nitrogen and oxygen atoms in total. The van der Waals surface area contributed by atoms with Crippen LogP contribution in [0.25, 0.3) is 22.1 Å². The van der Waals surface area contributed by atoms with Gasteiger partial charge in [-0.2, -0.15) is 0 Å². The predicted octanol–water partition coefficient (Wildman–Crippen LogP) is 5.53. The number of fused-ring (bicyclic) bond motifs is 4. The van der Waals surface area contributed by atoms with Gasteiger partial charge in [0.1, 0.15) is 6.17 Å². The summed E-state index contributed by atoms with van der Waals surface area (Å²) in [5, 5.41) is 1.93. The lowest BCUT2D eigenvalue weighted by Gasteiger charge is -2.29. The smallest absolute Gasteiger partial charge is 0.227 e. The molecule has 0 N–H and O–H groups in total. The molecule has 0 amide bonds. The van der Waals surface area contributed by atoms with Crippen molar-refractivity contribution in [3.05, 3.63) is 59.8 Å². The van der Waals surface area contributed by atoms with Crippen molar-refractivity contribution in [1.29, 1.82) is 0 Å². The van der Waals surface area contributed by atoms with Crippen LogP contribution in [0.15, 0.2) is 52.9 Å². The molecule has 0 radical (unpaired) electrons. The summed E-state index contributed by atoms with van der Waals surface area (Å²) in [7, 11) is 0. The number of aryl methyl sites for hydroxylation is 2. The lowest BCUT2D eigenvalue weighted by Crippen LogP contribution is -2.36. The van der Waals surface area contributed by atoms with E-state index in [0.29, 0.717) is 11.4 Å². The Morgan fingerprint density at radius 3 is 2.58 bits per heavy atom. The molecule has 0 spiro atoms. The molecule has 0 saturated heterocycles. The highest BCUT2D eigenvalue weighted by Gasteiger charge is 2.34. The highest BCUT2D eigenvalue weighted by molar-refractivity contribution is 6.10. The van der Waals surface area contributed by atoms with Crippen molar-refractivity contribution >= 4 is 39.1 Å². The Kier molecular flexibility index (Phi) is 2.49. The third kappa shape index (κ3) is 1.93. The first kappa shape index (κ1) is 12.4. The maximum atomic E-state index is 8.07. The number of para-hydroxylation sites is 2. The summed E-state index contributed by atoms with van der Waals surface area (Å²) in [6.07, 6.45) is -0.396. The maximum absolute atomic E-state index is 8.07. The van der Waals surface area contributed by atoms with Crippen molar-refractivity contribution < 1.29 is 8.53 Å². The van der Waals surface area contributed by atoms with Crippen molar-refractivity contribution in [2.24, 2.45) is 0 Å². The minimum Gasteiger partial charge on any atom is -0.435 e. The molecule has 5 rings (SSSR count). The van der Waals surface area contributed by atoms with E-state index >= 15 is 0 Å². The quantitative estimate of drug-likeness (QED) is 0.453. The molecule has 4 heteroatoms. The number of nitrogens with zero attached hydrogens (tertiary/aromatic N) is 3. The van der Waals surface area contributed by atoms with E-state index in [2.05, 4.69) is 16.0 Å². The van der Waals surface area contributed by atoms with Gasteiger partial charge in [0.2, 0.25) is 5.71 Å². The second kappa shape index (κ2) is 5.24. The van der Waals surface area contributed by atoms with Crippen molar-refractivity contribution in [3.63, 3.8) is 0 Å². The summed E-state index contributed by atoms with van der Waals surface area (Å²) < 4.78 is 30.4. The van der Waals surface area contributed by atoms with Crippen LogP contribution in [-0.2, 0) is 0 Å². The van der Waals surface area contributed by atoms with Crippen LogP contribution in [0.3, 0.4) is 0 Å². The topological polar surface area (TPSA) is 32.5 Å². The highest BCUT2D eigenvalue weighted by atomic mass is 16.3. The Hall–Kier alpha value is -3.01. The van der Waals surface area contributed by atoms with Gasteiger partial charge in [-0.1, -0.05) is 24.3 Å². The second-order valence-corrected chi connectivity index (χ2v) is 6.88. The second-order valence-electron chi connectivity index (χ2n) is 6.88. The first-order valence-corrected chi connectivity index (χ1v) is 8.74. The van der Waals surface area contributed by atoms with Crippen LogP contribution in [0.4, 0.5) is 17.1 Å². The first-order valence-electron chi connectivity index (χ1n) is 10.2. The molecule has 3 heterocycles. The minimum atomic E-state index is -2.25. The number of hydrogen-bond acceptors (Lipinski definition) is 4. The first-order chi connectivity index (χ1) is 13.8. The zero-order valence-corrected chi connectivity index (χ0v) is 14.9. The van der Waals surface area contributed by atoms with Crippen LogP contribution in [0.1, 0.15) is 22.3 Å². The lowest BCUT2D eigenvalue weighted by molar-refractivity contribution is 0.647. The fourth-order valence-corrected chi connectivity index (χ4v) is 3.89. The van der Waals surface area contributed by atoms with Crippen LogP contribution in [0.2, 0.25) is 0 Å². The third-order valence-corrected chi connectivity index (χ3v) is 5.21. The van der Waals surface area contributed by atoms with E-state index in [-0.39, 0.29) is 0 Å². The van der Waals surface area contributed by atoms with Gasteiger partial charge in [0.25, 0.3) is 0 Å². The Morgan fingerprint density at radius 1 is 1.00 bits per heavy atom. The summed E-state index contributed by atoms with van der Waals surface area (Å²) in [6.45, 7) is 3.62. The number of furan rings is 1. The average Bonchev–Trinajstić information content (AvgIpc) is 3.15. The molecule has 26 heavy (non-hydrogen) atoms. The number of pyridine rings is 1. The Morgan fingerprint density at radius 2 is 1.77 bits per heavy atom. The van der Waals surface area contributed by atoms with Crippen molar-refractivity contribution in [2.45, 2.75) is 26.9 Å². The van der Waals surface area contributed by atoms with E-state index in [0.717, 1.165) is 39.0 Å². The number of benzene rings is 2. The van der Waals surface area contributed by atoms with E-state index in [1.54, 1.807) is 0 Å². The molecule has 0 aliphatic carbocycles. The zero-order valence-electron chi connectivity index (χ0n) is 17.9. The molecule has 1 atom stereocenters. The van der Waals surface area contributed by atoms with Crippen LogP contribution >= 0.6 is 0 Å². The van der Waals surface area contributed by atoms with E-state index in [9.17, 15) is 0 Å². The molecule has 0 bridgehead atoms. The van der Waals surface area contributed by atoms with Crippen LogP contribution in [0.5, 0.6) is 0 Å². The normalized spacial score (nSPS) is 18.9. The Bertz CT molecular complexity index is 1260. The molecular weight excluding hydrogens is 322 g/mol. The van der Waals surface area contributed by atoms with Gasteiger partial charge in [-0.3, -0.25) is 0 Å². The summed E-state index contributed by atoms with van der Waals surface area (Å²) in [5.74, 6) is 0. The van der Waals surface area contributed by atoms with E-state index in [4.69, 9.17) is 8.53 Å². The largest absolute Gasteiger partial charge is 0.435 e. The van der Waals surface area contributed by atoms with E-state index < -0.39 is 13.1 Å². The monoisotopic (exact) mass is 346 g/mol. The van der Waals surface area contributed by atoms with Crippen molar-refractivity contribution in [1.82, 2.24) is 4.98 Å². The SMILES string of the molecule is [2H]C([2H])([2H])N1c2ccccc2N(c2c(C)ccc3c2oc2nc(C)ccc23)[C@H]1C. The van der Waals surface area contributed by atoms with Gasteiger partial charge < -0.3 is 14.2 Å². The molecule has 1 aliphatic heterocycles. The number of rotatable bonds is 1. The molecule has 0 unspecified atom stereocenters. The molecular formula is C22H21N3O. The molecule has 4 aromatic rings. The molecule has 130 valence electrons. The summed E-state index contributed by atoms with van der Waals surface area (Å²) >= 11 is 0. The number of hydrogen-bond donors (Lipinski definition) is 0. The van der Waals surface area contributed by atoms with Crippen molar-refractivity contribution in [2.75, 3.05) is 16.8 Å². The number of aromatic nitrogens is 1. The molecule has 2 aromatic carbocycles. The Balaban J connectivity index is 1.81. The highest BCUT2D eigenvalue weighted by Crippen LogP contribution is 2.47. The molecule has 1 aliphatic rings. The van der Waals surface area contributed by atoms with Crippen LogP contribution in [-0.4, -0.2) is 18.1 Å². The minimum absolute atomic E-state index is 0.396. The van der Waals surface area contributed by atoms with Crippen molar-refractivity contribution in [3.8, 4) is 0 Å². The van der Waals surface area contributed by atoms with Crippen LogP contribution in [0, 0.1) is 13.8 Å². The summed E-state index contributed by atoms with van der Waals surface area (Å²) in [4.78, 5) is 8.10. The van der Waals surface area contributed by atoms with E-state index in [1.165, 1.54) is 4.90 Å². The van der Waals surface area contributed by atoms with Gasteiger partial charge in [-0.05, 0) is 50.6 Å². The van der Waals surface area contributed by atoms with Gasteiger partial charge in [0.15, 0.2) is 5.58 Å². The zero-order chi connectivity index (χ0) is 20.5. The molecule has 2 aromatic heterocycles. The maximum Gasteiger partial charge on any atom is 0.227 e. The Labute approximate surface area is 156 Å². The number of anilines is 3. The fraction of sp³-hybridized carbons (Fsp3) is 0.227. The molecule has 0 fully saturated rings. The van der Waals surface area contributed by atoms with Gasteiger partial charge in [-0.25, -0.2) is 4.98 Å². The van der Waals surface area contributed by atoms with Gasteiger partial charge in [0, 0.05) is 27.6 Å². The molecule has 0 saturated carbocycles. The fourth-order valence-electron chi connectivity index (χ4n) is 3.89. The average molecular weight is 346 g/mol. The predicted molar refractivity (Wildman–Crippen MR) is 107 cm³/mol. The summed E-state index contributed by atoms with van der Waals surface area (Å²) in [5.41, 5.74) is 5.67. The van der Waals surface area contributed by atoms with E-state index in [1.807, 2.05) is 63.2 Å². The van der Waals surface area contributed by atoms with Gasteiger partial charge in [0.05, 0.1) is 17.1 Å². The van der Waals surface area contributed by atoms with Gasteiger partial charge in [-0.15, -0.1) is 0 Å². The lowest BCUT2D eigenvalue weighted by atomic mass is 10.1. The standard InChI is InChI=1S/C22H21N3O/c1-13-9-11-16-17-12-10-14(2)23-22(17)26-21(16)20(13)25-15(3)24(4)18-7-5-6-8-19(18)25/h5-12,15H,1-4H3/t15-/m0/s1/i4D3.